The van der Waals surface area contributed by atoms with Gasteiger partial charge < -0.3 is 29.9 Å². The Kier molecular flexibility index (Phi) is 13.4. The van der Waals surface area contributed by atoms with E-state index >= 15 is 4.79 Å². The van der Waals surface area contributed by atoms with Crippen molar-refractivity contribution in [2.75, 3.05) is 39.8 Å². The number of hydrogen-bond donors (Lipinski definition) is 3. The first-order valence-corrected chi connectivity index (χ1v) is 26.4. The molecule has 16 nitrogen and oxygen atoms in total. The number of carbonyl (C=O) groups is 4. The number of urea groups is 1. The van der Waals surface area contributed by atoms with Crippen molar-refractivity contribution in [3.8, 4) is 22.2 Å². The monoisotopic (exact) mass is 944 g/mol. The van der Waals surface area contributed by atoms with E-state index in [0.29, 0.717) is 73.9 Å². The number of rotatable bonds is 10. The van der Waals surface area contributed by atoms with Crippen molar-refractivity contribution in [2.45, 2.75) is 145 Å². The third kappa shape index (κ3) is 9.64. The highest BCUT2D eigenvalue weighted by Crippen LogP contribution is 2.46. The van der Waals surface area contributed by atoms with Crippen molar-refractivity contribution < 1.29 is 37.1 Å². The van der Waals surface area contributed by atoms with Gasteiger partial charge in [-0.05, 0) is 76.3 Å². The molecule has 3 aliphatic heterocycles. The fourth-order valence-corrected chi connectivity index (χ4v) is 12.6. The summed E-state index contributed by atoms with van der Waals surface area (Å²) in [7, 11) is -2.30. The Labute approximate surface area is 391 Å². The number of pyridine rings is 1. The molecule has 6 aliphatic rings. The third-order valence-electron chi connectivity index (χ3n) is 14.6. The van der Waals surface area contributed by atoms with Gasteiger partial charge in [0, 0.05) is 67.0 Å². The molecule has 3 aliphatic carbocycles. The van der Waals surface area contributed by atoms with Gasteiger partial charge in [0.1, 0.15) is 45.9 Å². The van der Waals surface area contributed by atoms with E-state index in [9.17, 15) is 22.8 Å². The topological polar surface area (TPSA) is 192 Å². The lowest BCUT2D eigenvalue weighted by molar-refractivity contribution is -0.141. The van der Waals surface area contributed by atoms with Crippen molar-refractivity contribution in [2.24, 2.45) is 5.92 Å². The van der Waals surface area contributed by atoms with Gasteiger partial charge in [-0.2, -0.15) is 0 Å². The Morgan fingerprint density at radius 1 is 0.970 bits per heavy atom. The average Bonchev–Trinajstić information content (AvgIpc) is 4.04. The van der Waals surface area contributed by atoms with Crippen LogP contribution in [0, 0.1) is 12.8 Å². The van der Waals surface area contributed by atoms with Gasteiger partial charge in [0.15, 0.2) is 0 Å². The lowest BCUT2D eigenvalue weighted by atomic mass is 10.0. The van der Waals surface area contributed by atoms with Gasteiger partial charge in [-0.15, -0.1) is 11.3 Å². The summed E-state index contributed by atoms with van der Waals surface area (Å²) in [6.07, 6.45) is 12.7. The van der Waals surface area contributed by atoms with E-state index < -0.39 is 62.6 Å². The summed E-state index contributed by atoms with van der Waals surface area (Å²) in [4.78, 5) is 73.7. The first kappa shape index (κ1) is 46.3. The van der Waals surface area contributed by atoms with Crippen LogP contribution in [0.2, 0.25) is 0 Å². The van der Waals surface area contributed by atoms with Crippen LogP contribution in [-0.4, -0.2) is 132 Å². The predicted molar refractivity (Wildman–Crippen MR) is 252 cm³/mol. The van der Waals surface area contributed by atoms with Gasteiger partial charge in [-0.1, -0.05) is 51.7 Å². The summed E-state index contributed by atoms with van der Waals surface area (Å²) in [6, 6.07) is 3.85. The fourth-order valence-electron chi connectivity index (χ4n) is 10.3. The van der Waals surface area contributed by atoms with E-state index in [0.717, 1.165) is 47.6 Å². The molecule has 5 heterocycles. The predicted octanol–water partition coefficient (Wildman–Crippen LogP) is 5.79. The Morgan fingerprint density at radius 2 is 1.73 bits per heavy atom. The number of methoxy groups -OCH3 is 1. The second-order valence-electron chi connectivity index (χ2n) is 19.5. The van der Waals surface area contributed by atoms with Gasteiger partial charge in [-0.25, -0.2) is 23.2 Å². The summed E-state index contributed by atoms with van der Waals surface area (Å²) < 4.78 is 41.0. The van der Waals surface area contributed by atoms with E-state index in [1.54, 1.807) is 12.0 Å². The lowest BCUT2D eigenvalue weighted by Crippen LogP contribution is -2.60. The number of benzene rings is 1. The summed E-state index contributed by atoms with van der Waals surface area (Å²) in [6.45, 7) is 8.83. The number of amides is 5. The van der Waals surface area contributed by atoms with Gasteiger partial charge in [0.2, 0.25) is 21.8 Å². The number of ether oxygens (including phenoxy) is 2. The number of thiazole rings is 1. The number of sulfonamides is 1. The number of aryl methyl sites for hydroxylation is 1. The number of piperazine rings is 1. The van der Waals surface area contributed by atoms with Crippen molar-refractivity contribution in [3.05, 3.63) is 47.0 Å². The molecular weight excluding hydrogens is 881 g/mol. The van der Waals surface area contributed by atoms with E-state index in [-0.39, 0.29) is 31.3 Å². The van der Waals surface area contributed by atoms with E-state index in [2.05, 4.69) is 34.1 Å². The number of nitrogens with zero attached hydrogens (tertiary/aromatic N) is 5. The number of aromatic nitrogens is 2. The quantitative estimate of drug-likeness (QED) is 0.209. The van der Waals surface area contributed by atoms with Crippen LogP contribution in [0.25, 0.3) is 21.6 Å². The lowest BCUT2D eigenvalue weighted by Gasteiger charge is -2.38. The molecule has 5 amide bonds. The maximum atomic E-state index is 15.1. The first-order chi connectivity index (χ1) is 31.7. The van der Waals surface area contributed by atoms with Crippen molar-refractivity contribution in [1.82, 2.24) is 40.0 Å². The number of hydrogen-bond acceptors (Lipinski definition) is 12. The Hall–Kier alpha value is -4.81. The summed E-state index contributed by atoms with van der Waals surface area (Å²) >= 11 is 1.49. The van der Waals surface area contributed by atoms with Crippen LogP contribution in [0.15, 0.2) is 35.7 Å². The zero-order chi connectivity index (χ0) is 46.3. The van der Waals surface area contributed by atoms with Crippen LogP contribution >= 0.6 is 11.3 Å². The van der Waals surface area contributed by atoms with E-state index in [1.807, 2.05) is 42.7 Å². The molecule has 356 valence electrons. The normalized spacial score (nSPS) is 27.4. The van der Waals surface area contributed by atoms with Crippen molar-refractivity contribution in [1.29, 1.82) is 0 Å². The van der Waals surface area contributed by atoms with E-state index in [1.165, 1.54) is 41.9 Å². The zero-order valence-electron chi connectivity index (χ0n) is 38.6. The van der Waals surface area contributed by atoms with Gasteiger partial charge in [0.05, 0.1) is 30.1 Å². The molecule has 3 saturated carbocycles. The van der Waals surface area contributed by atoms with Gasteiger partial charge >= 0.3 is 6.03 Å². The molecule has 3 aromatic rings. The molecule has 0 radical (unpaired) electrons. The Bertz CT molecular complexity index is 2480. The second-order valence-corrected chi connectivity index (χ2v) is 22.3. The third-order valence-corrected chi connectivity index (χ3v) is 17.3. The number of carbonyl (C=O) groups excluding carboxylic acids is 4. The average molecular weight is 945 g/mol. The highest BCUT2D eigenvalue weighted by atomic mass is 32.2. The molecule has 0 spiro atoms. The minimum atomic E-state index is -3.91. The molecule has 5 fully saturated rings. The van der Waals surface area contributed by atoms with Crippen LogP contribution < -0.4 is 24.8 Å². The fraction of sp³-hybridized carbons (Fsp3) is 0.625. The zero-order valence-corrected chi connectivity index (χ0v) is 40.2. The number of fused-ring (bicyclic) bond motifs is 3. The van der Waals surface area contributed by atoms with E-state index in [4.69, 9.17) is 19.4 Å². The summed E-state index contributed by atoms with van der Waals surface area (Å²) in [5.41, 5.74) is 1.53. The molecule has 5 atom stereocenters. The number of allylic oxidation sites excluding steroid dienone is 1. The minimum absolute atomic E-state index is 0.0188. The maximum absolute atomic E-state index is 15.1. The molecule has 0 bridgehead atoms. The molecule has 2 aromatic heterocycles. The first-order valence-electron chi connectivity index (χ1n) is 24.0. The number of nitrogens with one attached hydrogen (secondary N) is 3. The van der Waals surface area contributed by atoms with Gasteiger partial charge in [-0.3, -0.25) is 24.0 Å². The maximum Gasteiger partial charge on any atom is 0.318 e. The molecule has 1 aromatic carbocycles. The van der Waals surface area contributed by atoms with Crippen LogP contribution in [0.4, 0.5) is 4.79 Å². The van der Waals surface area contributed by atoms with Crippen molar-refractivity contribution in [3.63, 3.8) is 0 Å². The minimum Gasteiger partial charge on any atom is -0.496 e. The van der Waals surface area contributed by atoms with Crippen LogP contribution in [0.1, 0.15) is 114 Å². The molecule has 9 rings (SSSR count). The van der Waals surface area contributed by atoms with Crippen LogP contribution in [0.3, 0.4) is 0 Å². The second kappa shape index (κ2) is 19.1. The molecular formula is C48H64N8O8S2. The molecule has 3 N–H and O–H groups in total. The summed E-state index contributed by atoms with van der Waals surface area (Å²) in [5.74, 6) is -0.809. The SMILES string of the molecule is COc1ccc2c(O[C@@H]3C[C@H]4C(=O)N[C@]5(C(=O)NS(=O)(=O)C6CC6)C[C@H]5/C=C/CCCCC[C@H](NC(=O)N5CCN(C6CCCC6)CC5)C(=O)N4C3)cc(-c3nc(C(C)C)cs3)nc2c1C. The van der Waals surface area contributed by atoms with Crippen LogP contribution in [-0.2, 0) is 24.4 Å². The van der Waals surface area contributed by atoms with Crippen LogP contribution in [0.5, 0.6) is 11.5 Å². The Morgan fingerprint density at radius 3 is 2.44 bits per heavy atom. The highest BCUT2D eigenvalue weighted by molar-refractivity contribution is 7.91. The Balaban J connectivity index is 1.03. The van der Waals surface area contributed by atoms with Gasteiger partial charge in [0.25, 0.3) is 5.91 Å². The smallest absolute Gasteiger partial charge is 0.318 e. The molecule has 18 heteroatoms. The van der Waals surface area contributed by atoms with Crippen molar-refractivity contribution >= 4 is 56.0 Å². The molecule has 2 saturated heterocycles. The molecule has 0 unspecified atom stereocenters. The standard InChI is InChI=1S/C48H64N8O8S2/c1-29(2)38-28-65-44(50-38)37-25-41(35-18-19-40(63-4)30(3)42(35)49-37)64-33-24-39-43(57)52-48(46(59)53-66(61,62)34-16-17-34)26-31(48)12-8-6-5-7-9-15-36(45(58)56(39)27-33)51-47(60)55-22-20-54(21-23-55)32-13-10-11-14-32/h8,12,18-19,25,28-29,31-34,36,39H,5-7,9-11,13-17,20-24,26-27H2,1-4H3,(H,51,60)(H,52,57)(H,53,59)/b12-8+/t31-,33-,36+,39+,48-/m1/s1. The molecule has 66 heavy (non-hydrogen) atoms. The largest absolute Gasteiger partial charge is 0.496 e. The highest BCUT2D eigenvalue weighted by Gasteiger charge is 2.62. The summed E-state index contributed by atoms with van der Waals surface area (Å²) in [5, 5.41) is 8.91.